The lowest BCUT2D eigenvalue weighted by molar-refractivity contribution is 0.0950. The molecule has 0 saturated carbocycles. The van der Waals surface area contributed by atoms with Crippen molar-refractivity contribution in [2.45, 2.75) is 40.8 Å². The van der Waals surface area contributed by atoms with Crippen molar-refractivity contribution in [3.63, 3.8) is 0 Å². The Balaban J connectivity index is 1.72. The summed E-state index contributed by atoms with van der Waals surface area (Å²) < 4.78 is 2.10. The van der Waals surface area contributed by atoms with Crippen molar-refractivity contribution >= 4 is 16.9 Å². The van der Waals surface area contributed by atoms with Crippen molar-refractivity contribution in [1.82, 2.24) is 29.8 Å². The fourth-order valence-corrected chi connectivity index (χ4v) is 3.44. The molecular formula is C24H26N6O. The molecule has 0 fully saturated rings. The average Bonchev–Trinajstić information content (AvgIpc) is 3.15. The van der Waals surface area contributed by atoms with Crippen molar-refractivity contribution in [2.24, 2.45) is 5.92 Å². The van der Waals surface area contributed by atoms with Gasteiger partial charge in [0, 0.05) is 30.1 Å². The summed E-state index contributed by atoms with van der Waals surface area (Å²) in [5.74, 6) is 0.283. The Morgan fingerprint density at radius 1 is 1.03 bits per heavy atom. The minimum Gasteiger partial charge on any atom is -0.346 e. The highest BCUT2D eigenvalue weighted by atomic mass is 16.1. The summed E-state index contributed by atoms with van der Waals surface area (Å²) in [6.45, 7) is 9.34. The Labute approximate surface area is 181 Å². The summed E-state index contributed by atoms with van der Waals surface area (Å²) in [7, 11) is 0. The topological polar surface area (TPSA) is 85.6 Å². The maximum absolute atomic E-state index is 13.0. The van der Waals surface area contributed by atoms with Crippen LogP contribution in [0.4, 0.5) is 0 Å². The summed E-state index contributed by atoms with van der Waals surface area (Å²) in [6, 6.07) is 7.75. The number of nitrogens with zero attached hydrogens (tertiary/aromatic N) is 5. The fourth-order valence-electron chi connectivity index (χ4n) is 3.44. The van der Waals surface area contributed by atoms with E-state index in [9.17, 15) is 4.79 Å². The van der Waals surface area contributed by atoms with Gasteiger partial charge in [0.1, 0.15) is 0 Å². The number of rotatable bonds is 6. The summed E-state index contributed by atoms with van der Waals surface area (Å²) in [6.07, 6.45) is 7.04. The third-order valence-corrected chi connectivity index (χ3v) is 5.00. The molecule has 1 N–H and O–H groups in total. The highest BCUT2D eigenvalue weighted by molar-refractivity contribution is 6.02. The van der Waals surface area contributed by atoms with Gasteiger partial charge in [0.15, 0.2) is 0 Å². The van der Waals surface area contributed by atoms with Crippen LogP contribution in [0.25, 0.3) is 22.3 Å². The van der Waals surface area contributed by atoms with Gasteiger partial charge >= 0.3 is 0 Å². The zero-order chi connectivity index (χ0) is 22.0. The van der Waals surface area contributed by atoms with Gasteiger partial charge in [0.25, 0.3) is 5.91 Å². The zero-order valence-electron chi connectivity index (χ0n) is 18.3. The third kappa shape index (κ3) is 4.60. The highest BCUT2D eigenvalue weighted by Gasteiger charge is 2.16. The molecule has 0 atom stereocenters. The number of carbonyl (C=O) groups is 1. The molecule has 0 aliphatic rings. The second-order valence-corrected chi connectivity index (χ2v) is 8.23. The number of pyridine rings is 1. The predicted octanol–water partition coefficient (Wildman–Crippen LogP) is 4.09. The van der Waals surface area contributed by atoms with E-state index in [1.54, 1.807) is 12.4 Å². The third-order valence-electron chi connectivity index (χ3n) is 5.00. The lowest BCUT2D eigenvalue weighted by Crippen LogP contribution is -2.23. The molecule has 0 spiro atoms. The minimum absolute atomic E-state index is 0.171. The van der Waals surface area contributed by atoms with Crippen molar-refractivity contribution in [3.05, 3.63) is 71.7 Å². The van der Waals surface area contributed by atoms with Gasteiger partial charge in [0.05, 0.1) is 47.2 Å². The van der Waals surface area contributed by atoms with Gasteiger partial charge < -0.3 is 9.88 Å². The Hall–Kier alpha value is -3.61. The summed E-state index contributed by atoms with van der Waals surface area (Å²) in [5, 5.41) is 2.95. The minimum atomic E-state index is -0.171. The standard InChI is InChI=1S/C24H26N6O/c1-15(2)13-30-14-29-23-20(21-6-5-16(3)9-27-21)7-18(8-22(23)30)24(31)28-12-19-11-25-17(4)10-26-19/h5-11,14-15H,12-13H2,1-4H3,(H,28,31). The molecule has 158 valence electrons. The molecule has 7 nitrogen and oxygen atoms in total. The van der Waals surface area contributed by atoms with Crippen LogP contribution in [-0.2, 0) is 13.1 Å². The normalized spacial score (nSPS) is 11.3. The summed E-state index contributed by atoms with van der Waals surface area (Å²) in [5.41, 5.74) is 6.62. The molecule has 4 aromatic rings. The van der Waals surface area contributed by atoms with Crippen molar-refractivity contribution in [2.75, 3.05) is 0 Å². The Morgan fingerprint density at radius 3 is 2.55 bits per heavy atom. The molecule has 0 saturated heterocycles. The fraction of sp³-hybridized carbons (Fsp3) is 0.292. The first-order valence-corrected chi connectivity index (χ1v) is 10.4. The lowest BCUT2D eigenvalue weighted by Gasteiger charge is -2.11. The molecule has 7 heteroatoms. The van der Waals surface area contributed by atoms with Crippen LogP contribution in [0, 0.1) is 19.8 Å². The lowest BCUT2D eigenvalue weighted by atomic mass is 10.0. The first kappa shape index (κ1) is 20.7. The maximum Gasteiger partial charge on any atom is 0.251 e. The van der Waals surface area contributed by atoms with E-state index in [2.05, 4.69) is 43.7 Å². The van der Waals surface area contributed by atoms with Crippen LogP contribution in [-0.4, -0.2) is 30.4 Å². The average molecular weight is 415 g/mol. The van der Waals surface area contributed by atoms with Gasteiger partial charge in [0.2, 0.25) is 0 Å². The first-order valence-electron chi connectivity index (χ1n) is 10.4. The van der Waals surface area contributed by atoms with Gasteiger partial charge in [-0.2, -0.15) is 0 Å². The van der Waals surface area contributed by atoms with Crippen molar-refractivity contribution in [3.8, 4) is 11.3 Å². The molecule has 4 rings (SSSR count). The molecule has 1 amide bonds. The van der Waals surface area contributed by atoms with Crippen LogP contribution in [0.5, 0.6) is 0 Å². The van der Waals surface area contributed by atoms with Crippen molar-refractivity contribution < 1.29 is 4.79 Å². The van der Waals surface area contributed by atoms with Gasteiger partial charge in [-0.25, -0.2) is 4.98 Å². The molecule has 0 aliphatic heterocycles. The van der Waals surface area contributed by atoms with E-state index in [-0.39, 0.29) is 5.91 Å². The van der Waals surface area contributed by atoms with Gasteiger partial charge in [-0.3, -0.25) is 19.7 Å². The van der Waals surface area contributed by atoms with E-state index >= 15 is 0 Å². The second kappa shape index (κ2) is 8.63. The number of hydrogen-bond donors (Lipinski definition) is 1. The second-order valence-electron chi connectivity index (χ2n) is 8.23. The number of hydrogen-bond acceptors (Lipinski definition) is 5. The monoisotopic (exact) mass is 414 g/mol. The maximum atomic E-state index is 13.0. The Bertz CT molecular complexity index is 1210. The van der Waals surface area contributed by atoms with Crippen LogP contribution in [0.3, 0.4) is 0 Å². The van der Waals surface area contributed by atoms with Crippen LogP contribution < -0.4 is 5.32 Å². The first-order chi connectivity index (χ1) is 14.9. The molecule has 0 bridgehead atoms. The number of nitrogens with one attached hydrogen (secondary N) is 1. The molecule has 3 heterocycles. The van der Waals surface area contributed by atoms with E-state index in [1.807, 2.05) is 50.6 Å². The molecular weight excluding hydrogens is 388 g/mol. The molecule has 0 unspecified atom stereocenters. The number of carbonyl (C=O) groups excluding carboxylic acids is 1. The molecule has 1 aromatic carbocycles. The number of fused-ring (bicyclic) bond motifs is 1. The van der Waals surface area contributed by atoms with Gasteiger partial charge in [-0.05, 0) is 43.5 Å². The SMILES string of the molecule is Cc1ccc(-c2cc(C(=O)NCc3cnc(C)cn3)cc3c2ncn3CC(C)C)nc1. The molecule has 3 aromatic heterocycles. The van der Waals surface area contributed by atoms with Crippen LogP contribution in [0.1, 0.15) is 41.2 Å². The number of amides is 1. The smallest absolute Gasteiger partial charge is 0.251 e. The predicted molar refractivity (Wildman–Crippen MR) is 120 cm³/mol. The van der Waals surface area contributed by atoms with Gasteiger partial charge in [-0.15, -0.1) is 0 Å². The highest BCUT2D eigenvalue weighted by Crippen LogP contribution is 2.29. The number of aromatic nitrogens is 5. The number of benzene rings is 1. The van der Waals surface area contributed by atoms with E-state index in [1.165, 1.54) is 0 Å². The van der Waals surface area contributed by atoms with E-state index in [4.69, 9.17) is 0 Å². The molecule has 0 radical (unpaired) electrons. The summed E-state index contributed by atoms with van der Waals surface area (Å²) in [4.78, 5) is 30.8. The molecule has 31 heavy (non-hydrogen) atoms. The largest absolute Gasteiger partial charge is 0.346 e. The van der Waals surface area contributed by atoms with E-state index < -0.39 is 0 Å². The molecule has 0 aliphatic carbocycles. The Morgan fingerprint density at radius 2 is 1.87 bits per heavy atom. The van der Waals surface area contributed by atoms with Crippen LogP contribution in [0.15, 0.2) is 49.2 Å². The van der Waals surface area contributed by atoms with Gasteiger partial charge in [-0.1, -0.05) is 19.9 Å². The van der Waals surface area contributed by atoms with Crippen LogP contribution in [0.2, 0.25) is 0 Å². The summed E-state index contributed by atoms with van der Waals surface area (Å²) >= 11 is 0. The quantitative estimate of drug-likeness (QED) is 0.514. The zero-order valence-corrected chi connectivity index (χ0v) is 18.3. The Kier molecular flexibility index (Phi) is 5.75. The number of imidazole rings is 1. The van der Waals surface area contributed by atoms with Crippen molar-refractivity contribution in [1.29, 1.82) is 0 Å². The number of aryl methyl sites for hydroxylation is 2. The van der Waals surface area contributed by atoms with E-state index in [0.717, 1.165) is 40.1 Å². The van der Waals surface area contributed by atoms with E-state index in [0.29, 0.717) is 23.7 Å². The van der Waals surface area contributed by atoms with Crippen LogP contribution >= 0.6 is 0 Å².